The number of aromatic nitrogens is 2. The molecular weight excluding hydrogens is 126 g/mol. The molecule has 0 aliphatic heterocycles. The molecule has 1 atom stereocenters. The Bertz CT molecular complexity index is 204. The summed E-state index contributed by atoms with van der Waals surface area (Å²) >= 11 is 0. The van der Waals surface area contributed by atoms with Gasteiger partial charge in [-0.15, -0.1) is 0 Å². The number of aryl methyl sites for hydroxylation is 1. The van der Waals surface area contributed by atoms with Gasteiger partial charge in [-0.05, 0) is 14.0 Å². The smallest absolute Gasteiger partial charge is 0.125 e. The molecule has 3 heteroatoms. The summed E-state index contributed by atoms with van der Waals surface area (Å²) in [5.74, 6) is 1.07. The number of nitrogens with one attached hydrogen (secondary N) is 1. The minimum atomic E-state index is 0.333. The van der Waals surface area contributed by atoms with Crippen molar-refractivity contribution in [2.75, 3.05) is 7.05 Å². The molecule has 1 aromatic heterocycles. The maximum absolute atomic E-state index is 4.19. The molecule has 1 N–H and O–H groups in total. The van der Waals surface area contributed by atoms with Crippen molar-refractivity contribution in [2.45, 2.75) is 13.0 Å². The second-order valence-electron chi connectivity index (χ2n) is 2.41. The molecule has 56 valence electrons. The van der Waals surface area contributed by atoms with E-state index in [-0.39, 0.29) is 0 Å². The Labute approximate surface area is 61.1 Å². The number of imidazole rings is 1. The molecule has 0 radical (unpaired) electrons. The van der Waals surface area contributed by atoms with E-state index in [4.69, 9.17) is 0 Å². The third-order valence-electron chi connectivity index (χ3n) is 1.68. The van der Waals surface area contributed by atoms with E-state index in [9.17, 15) is 0 Å². The van der Waals surface area contributed by atoms with Crippen LogP contribution in [0.15, 0.2) is 12.4 Å². The molecular formula is C7H13N3. The molecule has 3 nitrogen and oxygen atoms in total. The molecule has 10 heavy (non-hydrogen) atoms. The number of nitrogens with zero attached hydrogens (tertiary/aromatic N) is 2. The molecule has 1 aromatic rings. The van der Waals surface area contributed by atoms with Crippen LogP contribution in [0.25, 0.3) is 0 Å². The highest BCUT2D eigenvalue weighted by atomic mass is 15.1. The first-order valence-corrected chi connectivity index (χ1v) is 3.40. The second-order valence-corrected chi connectivity index (χ2v) is 2.41. The number of hydrogen-bond acceptors (Lipinski definition) is 2. The van der Waals surface area contributed by atoms with Gasteiger partial charge in [-0.1, -0.05) is 0 Å². The molecule has 0 aliphatic rings. The van der Waals surface area contributed by atoms with Crippen molar-refractivity contribution in [3.8, 4) is 0 Å². The topological polar surface area (TPSA) is 29.9 Å². The Morgan fingerprint density at radius 3 is 2.80 bits per heavy atom. The quantitative estimate of drug-likeness (QED) is 0.653. The Kier molecular flexibility index (Phi) is 2.06. The molecule has 0 aromatic carbocycles. The molecule has 1 rings (SSSR count). The van der Waals surface area contributed by atoms with Gasteiger partial charge in [0.2, 0.25) is 0 Å². The molecule has 0 fully saturated rings. The lowest BCUT2D eigenvalue weighted by Gasteiger charge is -2.08. The minimum Gasteiger partial charge on any atom is -0.337 e. The van der Waals surface area contributed by atoms with Gasteiger partial charge in [0.15, 0.2) is 0 Å². The molecule has 0 aliphatic carbocycles. The van der Waals surface area contributed by atoms with Crippen molar-refractivity contribution in [3.63, 3.8) is 0 Å². The van der Waals surface area contributed by atoms with Crippen LogP contribution in [0.5, 0.6) is 0 Å². The second kappa shape index (κ2) is 2.84. The Morgan fingerprint density at radius 2 is 2.40 bits per heavy atom. The average Bonchev–Trinajstić information content (AvgIpc) is 2.34. The van der Waals surface area contributed by atoms with Crippen LogP contribution in [0, 0.1) is 0 Å². The summed E-state index contributed by atoms with van der Waals surface area (Å²) in [6, 6.07) is 0.333. The maximum Gasteiger partial charge on any atom is 0.125 e. The normalized spacial score (nSPS) is 13.5. The Morgan fingerprint density at radius 1 is 1.70 bits per heavy atom. The molecule has 0 saturated heterocycles. The lowest BCUT2D eigenvalue weighted by molar-refractivity contribution is 0.585. The number of hydrogen-bond donors (Lipinski definition) is 1. The lowest BCUT2D eigenvalue weighted by atomic mass is 10.3. The van der Waals surface area contributed by atoms with Crippen molar-refractivity contribution in [3.05, 3.63) is 18.2 Å². The molecule has 0 spiro atoms. The van der Waals surface area contributed by atoms with E-state index in [1.165, 1.54) is 0 Å². The monoisotopic (exact) mass is 139 g/mol. The van der Waals surface area contributed by atoms with Crippen LogP contribution < -0.4 is 5.32 Å². The predicted molar refractivity (Wildman–Crippen MR) is 40.7 cm³/mol. The van der Waals surface area contributed by atoms with E-state index in [0.29, 0.717) is 6.04 Å². The highest BCUT2D eigenvalue weighted by molar-refractivity contribution is 4.96. The molecule has 1 heterocycles. The fourth-order valence-corrected chi connectivity index (χ4v) is 0.923. The van der Waals surface area contributed by atoms with Gasteiger partial charge in [-0.3, -0.25) is 0 Å². The first-order chi connectivity index (χ1) is 4.75. The summed E-state index contributed by atoms with van der Waals surface area (Å²) in [7, 11) is 3.93. The molecule has 0 amide bonds. The fraction of sp³-hybridized carbons (Fsp3) is 0.571. The van der Waals surface area contributed by atoms with Crippen LogP contribution in [0.1, 0.15) is 18.8 Å². The molecule has 0 unspecified atom stereocenters. The van der Waals surface area contributed by atoms with Crippen LogP contribution >= 0.6 is 0 Å². The summed E-state index contributed by atoms with van der Waals surface area (Å²) in [6.45, 7) is 2.09. The van der Waals surface area contributed by atoms with Gasteiger partial charge in [0, 0.05) is 19.4 Å². The predicted octanol–water partition coefficient (Wildman–Crippen LogP) is 0.700. The van der Waals surface area contributed by atoms with Crippen LogP contribution in [0.2, 0.25) is 0 Å². The van der Waals surface area contributed by atoms with E-state index in [1.54, 1.807) is 0 Å². The van der Waals surface area contributed by atoms with Gasteiger partial charge in [0.05, 0.1) is 6.04 Å². The summed E-state index contributed by atoms with van der Waals surface area (Å²) < 4.78 is 2.02. The highest BCUT2D eigenvalue weighted by Gasteiger charge is 2.05. The van der Waals surface area contributed by atoms with Gasteiger partial charge in [-0.25, -0.2) is 4.98 Å². The van der Waals surface area contributed by atoms with E-state index in [1.807, 2.05) is 31.1 Å². The van der Waals surface area contributed by atoms with Crippen molar-refractivity contribution in [2.24, 2.45) is 7.05 Å². The lowest BCUT2D eigenvalue weighted by Crippen LogP contribution is -2.16. The zero-order valence-electron chi connectivity index (χ0n) is 6.63. The first-order valence-electron chi connectivity index (χ1n) is 3.40. The van der Waals surface area contributed by atoms with Crippen molar-refractivity contribution in [1.29, 1.82) is 0 Å². The fourth-order valence-electron chi connectivity index (χ4n) is 0.923. The van der Waals surface area contributed by atoms with E-state index in [0.717, 1.165) is 5.82 Å². The molecule has 0 saturated carbocycles. The third kappa shape index (κ3) is 1.19. The summed E-state index contributed by atoms with van der Waals surface area (Å²) in [6.07, 6.45) is 3.76. The zero-order chi connectivity index (χ0) is 7.56. The van der Waals surface area contributed by atoms with E-state index in [2.05, 4.69) is 17.2 Å². The van der Waals surface area contributed by atoms with Gasteiger partial charge in [0.25, 0.3) is 0 Å². The van der Waals surface area contributed by atoms with Gasteiger partial charge in [0.1, 0.15) is 5.82 Å². The standard InChI is InChI=1S/C7H13N3/c1-6(8-2)7-9-4-5-10(7)3/h4-6,8H,1-3H3/t6-/m1/s1. The average molecular weight is 139 g/mol. The van der Waals surface area contributed by atoms with Crippen LogP contribution in [0.4, 0.5) is 0 Å². The van der Waals surface area contributed by atoms with Crippen molar-refractivity contribution in [1.82, 2.24) is 14.9 Å². The third-order valence-corrected chi connectivity index (χ3v) is 1.68. The first kappa shape index (κ1) is 7.28. The van der Waals surface area contributed by atoms with Crippen LogP contribution in [-0.2, 0) is 7.05 Å². The summed E-state index contributed by atoms with van der Waals surface area (Å²) in [4.78, 5) is 4.19. The summed E-state index contributed by atoms with van der Waals surface area (Å²) in [5, 5.41) is 3.12. The van der Waals surface area contributed by atoms with Crippen molar-refractivity contribution < 1.29 is 0 Å². The molecule has 0 bridgehead atoms. The van der Waals surface area contributed by atoms with Crippen LogP contribution in [0.3, 0.4) is 0 Å². The SMILES string of the molecule is CN[C@H](C)c1nccn1C. The summed E-state index contributed by atoms with van der Waals surface area (Å²) in [5.41, 5.74) is 0. The maximum atomic E-state index is 4.19. The Hall–Kier alpha value is -0.830. The van der Waals surface area contributed by atoms with Gasteiger partial charge in [-0.2, -0.15) is 0 Å². The van der Waals surface area contributed by atoms with E-state index >= 15 is 0 Å². The zero-order valence-corrected chi connectivity index (χ0v) is 6.63. The largest absolute Gasteiger partial charge is 0.337 e. The minimum absolute atomic E-state index is 0.333. The Balaban J connectivity index is 2.82. The van der Waals surface area contributed by atoms with Gasteiger partial charge < -0.3 is 9.88 Å². The van der Waals surface area contributed by atoms with Gasteiger partial charge >= 0.3 is 0 Å². The van der Waals surface area contributed by atoms with E-state index < -0.39 is 0 Å². The van der Waals surface area contributed by atoms with Crippen LogP contribution in [-0.4, -0.2) is 16.6 Å². The number of rotatable bonds is 2. The highest BCUT2D eigenvalue weighted by Crippen LogP contribution is 2.06. The van der Waals surface area contributed by atoms with Crippen molar-refractivity contribution >= 4 is 0 Å².